The van der Waals surface area contributed by atoms with E-state index < -0.39 is 23.6 Å². The molecule has 0 saturated carbocycles. The molecule has 12 nitrogen and oxygen atoms in total. The Bertz CT molecular complexity index is 1980. The van der Waals surface area contributed by atoms with Crippen LogP contribution in [0.2, 0.25) is 0 Å². The summed E-state index contributed by atoms with van der Waals surface area (Å²) in [6.07, 6.45) is 0.912. The molecule has 2 aromatic heterocycles. The number of benzene rings is 2. The SMILES string of the molecule is Cc1ncsc1-c1ccc(C(C)NC(=O)C2CC(O)CN2C(=O)C(NC(=O)CCCCOc2ccc(-c3csc(N4CC(C)OCC4C)n3)cc2)C(C)(C)C)cc1. The number of hydrogen-bond donors (Lipinski definition) is 3. The topological polar surface area (TPSA) is 146 Å². The number of β-amino-alcohol motifs (C(OH)–C–C–N with tert-alkyl or cyclic N) is 1. The number of likely N-dealkylation sites (tertiary alicyclic amines) is 1. The maximum Gasteiger partial charge on any atom is 0.246 e. The number of morpholine rings is 1. The van der Waals surface area contributed by atoms with Gasteiger partial charge in [0.2, 0.25) is 17.7 Å². The molecule has 2 saturated heterocycles. The standard InChI is InChI=1S/C43H56N6O6S2/c1-26-23-55-27(2)21-48(26)42-46-35(24-56-42)31-15-17-34(18-16-31)54-19-9-8-10-37(51)47-39(43(5,6)7)41(53)49-22-33(50)20-36(49)40(52)45-28(3)30-11-13-32(14-12-30)38-29(4)44-25-57-38/h11-18,24-28,33,36,39,50H,8-10,19-23H2,1-7H3,(H,45,52)(H,47,51). The first kappa shape index (κ1) is 42.2. The Morgan fingerprint density at radius 1 is 1.00 bits per heavy atom. The van der Waals surface area contributed by atoms with Crippen molar-refractivity contribution >= 4 is 45.5 Å². The van der Waals surface area contributed by atoms with Gasteiger partial charge in [0.15, 0.2) is 5.13 Å². The third-order valence-electron chi connectivity index (χ3n) is 10.6. The molecule has 6 rings (SSSR count). The minimum absolute atomic E-state index is 0.0207. The van der Waals surface area contributed by atoms with Crippen molar-refractivity contribution in [3.8, 4) is 27.4 Å². The monoisotopic (exact) mass is 816 g/mol. The third-order valence-corrected chi connectivity index (χ3v) is 12.5. The van der Waals surface area contributed by atoms with E-state index in [-0.39, 0.29) is 55.3 Å². The van der Waals surface area contributed by atoms with Crippen LogP contribution in [-0.4, -0.2) is 94.3 Å². The number of anilines is 1. The van der Waals surface area contributed by atoms with Crippen LogP contribution in [0.25, 0.3) is 21.7 Å². The van der Waals surface area contributed by atoms with Gasteiger partial charge in [-0.1, -0.05) is 45.0 Å². The zero-order valence-electron chi connectivity index (χ0n) is 34.0. The van der Waals surface area contributed by atoms with Crippen LogP contribution >= 0.6 is 22.7 Å². The minimum Gasteiger partial charge on any atom is -0.494 e. The highest BCUT2D eigenvalue weighted by atomic mass is 32.1. The Balaban J connectivity index is 0.963. The number of hydrogen-bond acceptors (Lipinski definition) is 11. The molecule has 306 valence electrons. The first-order chi connectivity index (χ1) is 27.2. The maximum absolute atomic E-state index is 14.1. The molecule has 57 heavy (non-hydrogen) atoms. The highest BCUT2D eigenvalue weighted by Crippen LogP contribution is 2.32. The van der Waals surface area contributed by atoms with Crippen LogP contribution in [-0.2, 0) is 19.1 Å². The van der Waals surface area contributed by atoms with Gasteiger partial charge in [0.25, 0.3) is 0 Å². The number of ether oxygens (including phenoxy) is 2. The zero-order valence-corrected chi connectivity index (χ0v) is 35.6. The molecule has 6 unspecified atom stereocenters. The van der Waals surface area contributed by atoms with Crippen LogP contribution in [0.15, 0.2) is 59.4 Å². The average Bonchev–Trinajstić information content (AvgIpc) is 3.94. The molecule has 2 fully saturated rings. The molecule has 14 heteroatoms. The van der Waals surface area contributed by atoms with Gasteiger partial charge in [-0.15, -0.1) is 22.7 Å². The van der Waals surface area contributed by atoms with Gasteiger partial charge >= 0.3 is 0 Å². The molecule has 0 spiro atoms. The first-order valence-corrected chi connectivity index (χ1v) is 21.6. The summed E-state index contributed by atoms with van der Waals surface area (Å²) in [4.78, 5) is 54.9. The summed E-state index contributed by atoms with van der Waals surface area (Å²) in [5.41, 5.74) is 6.10. The second kappa shape index (κ2) is 18.5. The number of amides is 3. The molecule has 2 aromatic carbocycles. The Hall–Kier alpha value is -4.37. The van der Waals surface area contributed by atoms with E-state index in [9.17, 15) is 19.5 Å². The number of aliphatic hydroxyl groups is 1. The van der Waals surface area contributed by atoms with Crippen molar-refractivity contribution in [3.05, 3.63) is 70.7 Å². The van der Waals surface area contributed by atoms with Crippen molar-refractivity contribution in [2.24, 2.45) is 5.41 Å². The zero-order chi connectivity index (χ0) is 40.9. The van der Waals surface area contributed by atoms with E-state index in [1.165, 1.54) is 4.90 Å². The average molecular weight is 817 g/mol. The van der Waals surface area contributed by atoms with Crippen molar-refractivity contribution in [1.82, 2.24) is 25.5 Å². The molecule has 3 N–H and O–H groups in total. The van der Waals surface area contributed by atoms with Gasteiger partial charge in [-0.25, -0.2) is 9.97 Å². The fourth-order valence-electron chi connectivity index (χ4n) is 7.25. The first-order valence-electron chi connectivity index (χ1n) is 19.8. The number of aryl methyl sites for hydroxylation is 1. The van der Waals surface area contributed by atoms with Crippen LogP contribution in [0.1, 0.15) is 84.5 Å². The highest BCUT2D eigenvalue weighted by molar-refractivity contribution is 7.14. The fourth-order valence-corrected chi connectivity index (χ4v) is 9.01. The minimum atomic E-state index is -0.879. The van der Waals surface area contributed by atoms with E-state index in [2.05, 4.69) is 39.7 Å². The lowest BCUT2D eigenvalue weighted by Gasteiger charge is -2.36. The molecule has 2 aliphatic heterocycles. The largest absolute Gasteiger partial charge is 0.494 e. The van der Waals surface area contributed by atoms with Crippen LogP contribution < -0.4 is 20.3 Å². The number of nitrogens with one attached hydrogen (secondary N) is 2. The number of aromatic nitrogens is 2. The van der Waals surface area contributed by atoms with Crippen molar-refractivity contribution in [3.63, 3.8) is 0 Å². The highest BCUT2D eigenvalue weighted by Gasteiger charge is 2.44. The fraction of sp³-hybridized carbons (Fsp3) is 0.512. The summed E-state index contributed by atoms with van der Waals surface area (Å²) in [7, 11) is 0. The van der Waals surface area contributed by atoms with E-state index in [4.69, 9.17) is 14.5 Å². The number of unbranched alkanes of at least 4 members (excludes halogenated alkanes) is 1. The van der Waals surface area contributed by atoms with Crippen molar-refractivity contribution in [1.29, 1.82) is 0 Å². The summed E-state index contributed by atoms with van der Waals surface area (Å²) >= 11 is 3.23. The summed E-state index contributed by atoms with van der Waals surface area (Å²) in [5.74, 6) is -0.222. The summed E-state index contributed by atoms with van der Waals surface area (Å²) in [6, 6.07) is 14.1. The van der Waals surface area contributed by atoms with Gasteiger partial charge in [0.1, 0.15) is 17.8 Å². The molecule has 2 aliphatic rings. The Morgan fingerprint density at radius 2 is 1.72 bits per heavy atom. The van der Waals surface area contributed by atoms with E-state index in [1.807, 2.05) is 88.7 Å². The van der Waals surface area contributed by atoms with Gasteiger partial charge in [-0.3, -0.25) is 14.4 Å². The van der Waals surface area contributed by atoms with Gasteiger partial charge < -0.3 is 35.0 Å². The van der Waals surface area contributed by atoms with Crippen molar-refractivity contribution in [2.75, 3.05) is 31.2 Å². The molecular formula is C43H56N6O6S2. The Kier molecular flexibility index (Phi) is 13.7. The van der Waals surface area contributed by atoms with Gasteiger partial charge in [0.05, 0.1) is 59.3 Å². The third kappa shape index (κ3) is 10.6. The van der Waals surface area contributed by atoms with Gasteiger partial charge in [-0.2, -0.15) is 0 Å². The van der Waals surface area contributed by atoms with E-state index in [0.717, 1.165) is 50.4 Å². The number of rotatable bonds is 14. The van der Waals surface area contributed by atoms with E-state index >= 15 is 0 Å². The molecule has 0 bridgehead atoms. The molecule has 4 heterocycles. The second-order valence-electron chi connectivity index (χ2n) is 16.4. The lowest BCUT2D eigenvalue weighted by molar-refractivity contribution is -0.144. The van der Waals surface area contributed by atoms with Crippen molar-refractivity contribution < 1.29 is 29.0 Å². The van der Waals surface area contributed by atoms with Crippen LogP contribution in [0.5, 0.6) is 5.75 Å². The molecule has 0 radical (unpaired) electrons. The van der Waals surface area contributed by atoms with Gasteiger partial charge in [-0.05, 0) is 81.3 Å². The maximum atomic E-state index is 14.1. The van der Waals surface area contributed by atoms with Crippen molar-refractivity contribution in [2.45, 2.75) is 111 Å². The predicted molar refractivity (Wildman–Crippen MR) is 225 cm³/mol. The lowest BCUT2D eigenvalue weighted by Crippen LogP contribution is -2.57. The number of aliphatic hydroxyl groups excluding tert-OH is 1. The van der Waals surface area contributed by atoms with Crippen LogP contribution in [0, 0.1) is 12.3 Å². The van der Waals surface area contributed by atoms with Crippen LogP contribution in [0.4, 0.5) is 5.13 Å². The Labute approximate surface area is 344 Å². The lowest BCUT2D eigenvalue weighted by atomic mass is 9.85. The predicted octanol–water partition coefficient (Wildman–Crippen LogP) is 6.77. The number of carbonyl (C=O) groups is 3. The summed E-state index contributed by atoms with van der Waals surface area (Å²) < 4.78 is 11.7. The summed E-state index contributed by atoms with van der Waals surface area (Å²) in [5, 5.41) is 19.7. The van der Waals surface area contributed by atoms with E-state index in [0.29, 0.717) is 26.1 Å². The van der Waals surface area contributed by atoms with E-state index in [1.54, 1.807) is 22.7 Å². The summed E-state index contributed by atoms with van der Waals surface area (Å²) in [6.45, 7) is 15.8. The normalized spacial score (nSPS) is 20.9. The number of thiazole rings is 2. The quantitative estimate of drug-likeness (QED) is 0.117. The second-order valence-corrected chi connectivity index (χ2v) is 18.1. The van der Waals surface area contributed by atoms with Crippen LogP contribution in [0.3, 0.4) is 0 Å². The molecular weight excluding hydrogens is 761 g/mol. The number of nitrogens with zero attached hydrogens (tertiary/aromatic N) is 4. The smallest absolute Gasteiger partial charge is 0.246 e. The Morgan fingerprint density at radius 3 is 2.40 bits per heavy atom. The van der Waals surface area contributed by atoms with Gasteiger partial charge in [0, 0.05) is 36.9 Å². The molecule has 0 aliphatic carbocycles. The molecule has 3 amide bonds. The molecule has 4 aromatic rings. The molecule has 6 atom stereocenters. The number of carbonyl (C=O) groups excluding carboxylic acids is 3.